The predicted molar refractivity (Wildman–Crippen MR) is 58.7 cm³/mol. The molecule has 0 bridgehead atoms. The molecule has 0 radical (unpaired) electrons. The van der Waals surface area contributed by atoms with Crippen LogP contribution in [-0.2, 0) is 0 Å². The lowest BCUT2D eigenvalue weighted by Crippen LogP contribution is -2.29. The topological polar surface area (TPSA) is 40.5 Å². The lowest BCUT2D eigenvalue weighted by molar-refractivity contribution is 0.0797. The molecule has 0 saturated carbocycles. The molecule has 0 atom stereocenters. The highest BCUT2D eigenvalue weighted by Gasteiger charge is 2.24. The first-order valence-electron chi connectivity index (χ1n) is 4.58. The summed E-state index contributed by atoms with van der Waals surface area (Å²) >= 11 is 3.08. The van der Waals surface area contributed by atoms with Crippen molar-refractivity contribution >= 4 is 21.8 Å². The highest BCUT2D eigenvalue weighted by Crippen LogP contribution is 2.26. The van der Waals surface area contributed by atoms with Gasteiger partial charge in [0.1, 0.15) is 0 Å². The third kappa shape index (κ3) is 2.71. The number of nitrogens with zero attached hydrogens (tertiary/aromatic N) is 1. The third-order valence-corrected chi connectivity index (χ3v) is 2.48. The number of phenols is 1. The van der Waals surface area contributed by atoms with Gasteiger partial charge >= 0.3 is 0 Å². The van der Waals surface area contributed by atoms with Crippen LogP contribution < -0.4 is 0 Å². The molecule has 1 amide bonds. The molecule has 1 rings (SSSR count). The van der Waals surface area contributed by atoms with E-state index in [0.717, 1.165) is 4.90 Å². The molecule has 0 saturated heterocycles. The van der Waals surface area contributed by atoms with Gasteiger partial charge < -0.3 is 10.0 Å². The molecule has 17 heavy (non-hydrogen) atoms. The number of amides is 1. The van der Waals surface area contributed by atoms with Crippen molar-refractivity contribution in [2.24, 2.45) is 0 Å². The molecule has 0 unspecified atom stereocenters. The molecule has 0 fully saturated rings. The zero-order valence-electron chi connectivity index (χ0n) is 8.81. The Balaban J connectivity index is 3.19. The number of phenolic OH excluding ortho intramolecular Hbond substituents is 1. The lowest BCUT2D eigenvalue weighted by Gasteiger charge is -2.16. The maximum absolute atomic E-state index is 13.4. The number of hydrogen-bond donors (Lipinski definition) is 1. The normalized spacial score (nSPS) is 10.4. The molecule has 0 aromatic heterocycles. The summed E-state index contributed by atoms with van der Waals surface area (Å²) in [5, 5.41) is 9.41. The highest BCUT2D eigenvalue weighted by atomic mass is 79.9. The zero-order chi connectivity index (χ0) is 13.2. The van der Waals surface area contributed by atoms with Crippen LogP contribution in [0.4, 0.5) is 13.2 Å². The van der Waals surface area contributed by atoms with Crippen LogP contribution >= 0.6 is 15.9 Å². The minimum Gasteiger partial charge on any atom is -0.503 e. The van der Waals surface area contributed by atoms with E-state index in [2.05, 4.69) is 15.9 Å². The second kappa shape index (κ2) is 5.39. The van der Waals surface area contributed by atoms with E-state index in [1.54, 1.807) is 0 Å². The average Bonchev–Trinajstić information content (AvgIpc) is 2.30. The Morgan fingerprint density at radius 3 is 2.53 bits per heavy atom. The van der Waals surface area contributed by atoms with Gasteiger partial charge in [-0.25, -0.2) is 8.78 Å². The minimum absolute atomic E-state index is 0.262. The summed E-state index contributed by atoms with van der Waals surface area (Å²) < 4.78 is 39.1. The average molecular weight is 312 g/mol. The van der Waals surface area contributed by atoms with Crippen molar-refractivity contribution in [1.29, 1.82) is 0 Å². The summed E-state index contributed by atoms with van der Waals surface area (Å²) in [6.07, 6.45) is 0. The molecule has 1 N–H and O–H groups in total. The molecular formula is C10H9BrF3NO2. The van der Waals surface area contributed by atoms with Crippen molar-refractivity contribution in [3.05, 3.63) is 29.1 Å². The summed E-state index contributed by atoms with van der Waals surface area (Å²) in [7, 11) is 1.38. The Morgan fingerprint density at radius 1 is 1.41 bits per heavy atom. The quantitative estimate of drug-likeness (QED) is 0.687. The Bertz CT molecular complexity index is 454. The Morgan fingerprint density at radius 2 is 2.00 bits per heavy atom. The van der Waals surface area contributed by atoms with Crippen LogP contribution in [0.25, 0.3) is 0 Å². The second-order valence-corrected chi connectivity index (χ2v) is 4.09. The summed E-state index contributed by atoms with van der Waals surface area (Å²) in [6, 6.07) is 0.428. The number of alkyl halides is 1. The summed E-state index contributed by atoms with van der Waals surface area (Å²) in [5.74, 6) is -6.96. The largest absolute Gasteiger partial charge is 0.503 e. The minimum atomic E-state index is -1.71. The third-order valence-electron chi connectivity index (χ3n) is 2.13. The van der Waals surface area contributed by atoms with Gasteiger partial charge in [0.05, 0.1) is 5.56 Å². The van der Waals surface area contributed by atoms with Crippen LogP contribution in [0.1, 0.15) is 10.4 Å². The van der Waals surface area contributed by atoms with Crippen LogP contribution in [0.2, 0.25) is 0 Å². The van der Waals surface area contributed by atoms with Gasteiger partial charge in [-0.3, -0.25) is 4.79 Å². The van der Waals surface area contributed by atoms with Crippen molar-refractivity contribution in [1.82, 2.24) is 4.90 Å². The highest BCUT2D eigenvalue weighted by molar-refractivity contribution is 9.09. The van der Waals surface area contributed by atoms with Crippen molar-refractivity contribution in [2.75, 3.05) is 18.9 Å². The number of benzene rings is 1. The van der Waals surface area contributed by atoms with Crippen molar-refractivity contribution in [3.63, 3.8) is 0 Å². The van der Waals surface area contributed by atoms with Gasteiger partial charge in [-0.15, -0.1) is 0 Å². The molecule has 0 aliphatic rings. The van der Waals surface area contributed by atoms with E-state index in [4.69, 9.17) is 5.11 Å². The summed E-state index contributed by atoms with van der Waals surface area (Å²) in [5.41, 5.74) is -0.704. The van der Waals surface area contributed by atoms with E-state index in [-0.39, 0.29) is 6.54 Å². The van der Waals surface area contributed by atoms with Gasteiger partial charge in [0.2, 0.25) is 5.82 Å². The number of rotatable bonds is 3. The van der Waals surface area contributed by atoms with Crippen LogP contribution in [0.5, 0.6) is 5.75 Å². The summed E-state index contributed by atoms with van der Waals surface area (Å²) in [4.78, 5) is 12.8. The van der Waals surface area contributed by atoms with E-state index in [1.165, 1.54) is 7.05 Å². The summed E-state index contributed by atoms with van der Waals surface area (Å²) in [6.45, 7) is 0.262. The molecular weight excluding hydrogens is 303 g/mol. The fourth-order valence-electron chi connectivity index (χ4n) is 1.18. The van der Waals surface area contributed by atoms with Gasteiger partial charge in [0.15, 0.2) is 17.4 Å². The van der Waals surface area contributed by atoms with E-state index >= 15 is 0 Å². The molecule has 3 nitrogen and oxygen atoms in total. The van der Waals surface area contributed by atoms with Gasteiger partial charge in [-0.1, -0.05) is 15.9 Å². The SMILES string of the molecule is CN(CCBr)C(=O)c1cc(F)c(F)c(O)c1F. The van der Waals surface area contributed by atoms with Gasteiger partial charge in [-0.2, -0.15) is 4.39 Å². The van der Waals surface area contributed by atoms with E-state index < -0.39 is 34.7 Å². The van der Waals surface area contributed by atoms with Crippen LogP contribution in [-0.4, -0.2) is 34.8 Å². The van der Waals surface area contributed by atoms with E-state index in [1.807, 2.05) is 0 Å². The number of halogens is 4. The molecule has 0 aliphatic heterocycles. The van der Waals surface area contributed by atoms with Gasteiger partial charge in [0, 0.05) is 18.9 Å². The van der Waals surface area contributed by atoms with Crippen molar-refractivity contribution in [3.8, 4) is 5.75 Å². The molecule has 0 aliphatic carbocycles. The first kappa shape index (κ1) is 13.8. The zero-order valence-corrected chi connectivity index (χ0v) is 10.4. The Labute approximate surface area is 104 Å². The van der Waals surface area contributed by atoms with E-state index in [9.17, 15) is 18.0 Å². The maximum atomic E-state index is 13.4. The van der Waals surface area contributed by atoms with Crippen molar-refractivity contribution in [2.45, 2.75) is 0 Å². The first-order valence-corrected chi connectivity index (χ1v) is 5.70. The number of hydrogen-bond acceptors (Lipinski definition) is 2. The molecule has 1 aromatic rings. The fourth-order valence-corrected chi connectivity index (χ4v) is 1.71. The first-order chi connectivity index (χ1) is 7.90. The number of aromatic hydroxyl groups is 1. The molecule has 94 valence electrons. The number of carbonyl (C=O) groups excluding carboxylic acids is 1. The van der Waals surface area contributed by atoms with Gasteiger partial charge in [0.25, 0.3) is 5.91 Å². The monoisotopic (exact) mass is 311 g/mol. The Hall–Kier alpha value is -1.24. The molecule has 0 heterocycles. The smallest absolute Gasteiger partial charge is 0.256 e. The molecule has 7 heteroatoms. The molecule has 1 aromatic carbocycles. The fraction of sp³-hybridized carbons (Fsp3) is 0.300. The van der Waals surface area contributed by atoms with Crippen LogP contribution in [0.3, 0.4) is 0 Å². The predicted octanol–water partition coefficient (Wildman–Crippen LogP) is 2.28. The van der Waals surface area contributed by atoms with Crippen LogP contribution in [0.15, 0.2) is 6.07 Å². The Kier molecular flexibility index (Phi) is 4.39. The van der Waals surface area contributed by atoms with Crippen molar-refractivity contribution < 1.29 is 23.1 Å². The molecule has 0 spiro atoms. The van der Waals surface area contributed by atoms with Crippen LogP contribution in [0, 0.1) is 17.5 Å². The van der Waals surface area contributed by atoms with E-state index in [0.29, 0.717) is 11.4 Å². The second-order valence-electron chi connectivity index (χ2n) is 3.30. The lowest BCUT2D eigenvalue weighted by atomic mass is 10.1. The van der Waals surface area contributed by atoms with Gasteiger partial charge in [-0.05, 0) is 6.07 Å². The number of carbonyl (C=O) groups is 1. The standard InChI is InChI=1S/C10H9BrF3NO2/c1-15(3-2-11)10(17)5-4-6(12)8(14)9(16)7(5)13/h4,16H,2-3H2,1H3. The maximum Gasteiger partial charge on any atom is 0.256 e.